The summed E-state index contributed by atoms with van der Waals surface area (Å²) in [7, 11) is 0. The van der Waals surface area contributed by atoms with Crippen molar-refractivity contribution in [3.63, 3.8) is 0 Å². The van der Waals surface area contributed by atoms with E-state index >= 15 is 0 Å². The fourth-order valence-electron chi connectivity index (χ4n) is 2.27. The largest absolute Gasteiger partial charge is 0.493 e. The second-order valence-electron chi connectivity index (χ2n) is 4.63. The molecule has 1 aromatic carbocycles. The second-order valence-corrected chi connectivity index (χ2v) is 4.63. The quantitative estimate of drug-likeness (QED) is 0.716. The molecule has 0 saturated heterocycles. The van der Waals surface area contributed by atoms with Gasteiger partial charge in [0.2, 0.25) is 0 Å². The highest BCUT2D eigenvalue weighted by Gasteiger charge is 2.13. The van der Waals surface area contributed by atoms with Gasteiger partial charge in [-0.1, -0.05) is 45.2 Å². The monoisotopic (exact) mass is 234 g/mol. The van der Waals surface area contributed by atoms with Crippen LogP contribution in [0.25, 0.3) is 0 Å². The summed E-state index contributed by atoms with van der Waals surface area (Å²) in [5, 5.41) is 0. The minimum atomic E-state index is 0.791. The molecule has 0 atom stereocenters. The van der Waals surface area contributed by atoms with E-state index in [9.17, 15) is 0 Å². The van der Waals surface area contributed by atoms with Gasteiger partial charge in [0.15, 0.2) is 0 Å². The molecule has 96 valence electrons. The molecule has 0 bridgehead atoms. The van der Waals surface area contributed by atoms with Crippen molar-refractivity contribution < 1.29 is 4.74 Å². The Hall–Kier alpha value is -0.980. The van der Waals surface area contributed by atoms with Crippen LogP contribution in [-0.4, -0.2) is 6.61 Å². The molecule has 17 heavy (non-hydrogen) atoms. The Morgan fingerprint density at radius 2 is 1.82 bits per heavy atom. The van der Waals surface area contributed by atoms with Crippen molar-refractivity contribution in [3.05, 3.63) is 29.8 Å². The van der Waals surface area contributed by atoms with Gasteiger partial charge in [-0.3, -0.25) is 0 Å². The minimum absolute atomic E-state index is 0.791. The number of benzene rings is 1. The first-order valence-corrected chi connectivity index (χ1v) is 7.04. The minimum Gasteiger partial charge on any atom is -0.493 e. The summed E-state index contributed by atoms with van der Waals surface area (Å²) >= 11 is 0. The average Bonchev–Trinajstić information content (AvgIpc) is 2.40. The molecule has 0 heterocycles. The third-order valence-corrected chi connectivity index (χ3v) is 3.20. The van der Waals surface area contributed by atoms with Crippen molar-refractivity contribution in [2.45, 2.75) is 52.9 Å². The summed E-state index contributed by atoms with van der Waals surface area (Å²) in [6.07, 6.45) is 6.91. The Kier molecular flexibility index (Phi) is 6.76. The Morgan fingerprint density at radius 1 is 1.12 bits per heavy atom. The highest BCUT2D eigenvalue weighted by atomic mass is 16.5. The molecular formula is C16H26O. The SMILES string of the molecule is CC.Cc1cccc(OCC2CCCCC2)c1. The van der Waals surface area contributed by atoms with E-state index < -0.39 is 0 Å². The van der Waals surface area contributed by atoms with Crippen LogP contribution < -0.4 is 4.74 Å². The van der Waals surface area contributed by atoms with Crippen molar-refractivity contribution in [1.82, 2.24) is 0 Å². The molecule has 1 nitrogen and oxygen atoms in total. The van der Waals surface area contributed by atoms with Crippen LogP contribution in [0.5, 0.6) is 5.75 Å². The first-order valence-electron chi connectivity index (χ1n) is 7.04. The zero-order valence-electron chi connectivity index (χ0n) is 11.5. The first kappa shape index (κ1) is 14.1. The van der Waals surface area contributed by atoms with Gasteiger partial charge in [0.25, 0.3) is 0 Å². The lowest BCUT2D eigenvalue weighted by molar-refractivity contribution is 0.209. The number of aryl methyl sites for hydroxylation is 1. The van der Waals surface area contributed by atoms with Crippen LogP contribution in [0.1, 0.15) is 51.5 Å². The normalized spacial score (nSPS) is 15.9. The molecule has 1 saturated carbocycles. The molecule has 1 aliphatic rings. The third-order valence-electron chi connectivity index (χ3n) is 3.20. The van der Waals surface area contributed by atoms with E-state index in [1.165, 1.54) is 37.7 Å². The van der Waals surface area contributed by atoms with Gasteiger partial charge >= 0.3 is 0 Å². The van der Waals surface area contributed by atoms with Crippen molar-refractivity contribution in [2.24, 2.45) is 5.92 Å². The van der Waals surface area contributed by atoms with Gasteiger partial charge in [-0.2, -0.15) is 0 Å². The summed E-state index contributed by atoms with van der Waals surface area (Å²) in [6, 6.07) is 8.33. The molecular weight excluding hydrogens is 208 g/mol. The molecule has 0 amide bonds. The lowest BCUT2D eigenvalue weighted by Crippen LogP contribution is -2.15. The number of hydrogen-bond acceptors (Lipinski definition) is 1. The van der Waals surface area contributed by atoms with Gasteiger partial charge < -0.3 is 4.74 Å². The van der Waals surface area contributed by atoms with E-state index in [0.29, 0.717) is 0 Å². The first-order chi connectivity index (χ1) is 8.34. The van der Waals surface area contributed by atoms with Crippen LogP contribution in [0, 0.1) is 12.8 Å². The summed E-state index contributed by atoms with van der Waals surface area (Å²) < 4.78 is 5.83. The Bertz CT molecular complexity index is 300. The van der Waals surface area contributed by atoms with Crippen molar-refractivity contribution in [1.29, 1.82) is 0 Å². The van der Waals surface area contributed by atoms with Crippen molar-refractivity contribution in [2.75, 3.05) is 6.61 Å². The number of hydrogen-bond donors (Lipinski definition) is 0. The molecule has 0 radical (unpaired) electrons. The molecule has 0 unspecified atom stereocenters. The molecule has 0 aromatic heterocycles. The molecule has 1 heteroatoms. The fourth-order valence-corrected chi connectivity index (χ4v) is 2.27. The van der Waals surface area contributed by atoms with E-state index in [1.807, 2.05) is 13.8 Å². The maximum Gasteiger partial charge on any atom is 0.119 e. The highest BCUT2D eigenvalue weighted by Crippen LogP contribution is 2.24. The second kappa shape index (κ2) is 8.16. The van der Waals surface area contributed by atoms with Crippen LogP contribution in [0.2, 0.25) is 0 Å². The van der Waals surface area contributed by atoms with Gasteiger partial charge in [-0.05, 0) is 43.4 Å². The molecule has 0 spiro atoms. The predicted molar refractivity (Wildman–Crippen MR) is 74.6 cm³/mol. The molecule has 1 aromatic rings. The maximum atomic E-state index is 5.83. The van der Waals surface area contributed by atoms with Gasteiger partial charge in [0, 0.05) is 0 Å². The molecule has 0 aliphatic heterocycles. The fraction of sp³-hybridized carbons (Fsp3) is 0.625. The smallest absolute Gasteiger partial charge is 0.119 e. The lowest BCUT2D eigenvalue weighted by atomic mass is 9.90. The average molecular weight is 234 g/mol. The van der Waals surface area contributed by atoms with Crippen LogP contribution in [0.4, 0.5) is 0 Å². The number of ether oxygens (including phenoxy) is 1. The van der Waals surface area contributed by atoms with Crippen molar-refractivity contribution >= 4 is 0 Å². The highest BCUT2D eigenvalue weighted by molar-refractivity contribution is 5.27. The summed E-state index contributed by atoms with van der Waals surface area (Å²) in [6.45, 7) is 7.01. The Morgan fingerprint density at radius 3 is 2.47 bits per heavy atom. The van der Waals surface area contributed by atoms with E-state index in [-0.39, 0.29) is 0 Å². The van der Waals surface area contributed by atoms with Crippen LogP contribution >= 0.6 is 0 Å². The third kappa shape index (κ3) is 5.25. The predicted octanol–water partition coefficient (Wildman–Crippen LogP) is 4.98. The van der Waals surface area contributed by atoms with Gasteiger partial charge in [-0.15, -0.1) is 0 Å². The molecule has 1 aliphatic carbocycles. The summed E-state index contributed by atoms with van der Waals surface area (Å²) in [5.74, 6) is 1.82. The summed E-state index contributed by atoms with van der Waals surface area (Å²) in [4.78, 5) is 0. The summed E-state index contributed by atoms with van der Waals surface area (Å²) in [5.41, 5.74) is 1.27. The van der Waals surface area contributed by atoms with Gasteiger partial charge in [0.1, 0.15) is 5.75 Å². The molecule has 0 N–H and O–H groups in total. The Balaban J connectivity index is 0.000000686. The zero-order chi connectivity index (χ0) is 12.5. The van der Waals surface area contributed by atoms with E-state index in [2.05, 4.69) is 31.2 Å². The zero-order valence-corrected chi connectivity index (χ0v) is 11.5. The van der Waals surface area contributed by atoms with Gasteiger partial charge in [-0.25, -0.2) is 0 Å². The van der Waals surface area contributed by atoms with E-state index in [0.717, 1.165) is 18.3 Å². The molecule has 1 fully saturated rings. The van der Waals surface area contributed by atoms with Crippen LogP contribution in [0.15, 0.2) is 24.3 Å². The molecule has 2 rings (SSSR count). The standard InChI is InChI=1S/C14H20O.C2H6/c1-12-6-5-9-14(10-12)15-11-13-7-3-2-4-8-13;1-2/h5-6,9-10,13H,2-4,7-8,11H2,1H3;1-2H3. The van der Waals surface area contributed by atoms with Crippen molar-refractivity contribution in [3.8, 4) is 5.75 Å². The van der Waals surface area contributed by atoms with Crippen LogP contribution in [-0.2, 0) is 0 Å². The maximum absolute atomic E-state index is 5.83. The van der Waals surface area contributed by atoms with E-state index in [4.69, 9.17) is 4.74 Å². The Labute approximate surface area is 106 Å². The topological polar surface area (TPSA) is 9.23 Å². The lowest BCUT2D eigenvalue weighted by Gasteiger charge is -2.21. The number of rotatable bonds is 3. The van der Waals surface area contributed by atoms with Crippen LogP contribution in [0.3, 0.4) is 0 Å². The van der Waals surface area contributed by atoms with Gasteiger partial charge in [0.05, 0.1) is 6.61 Å². The van der Waals surface area contributed by atoms with E-state index in [1.54, 1.807) is 0 Å².